The van der Waals surface area contributed by atoms with Crippen LogP contribution in [0.1, 0.15) is 5.56 Å². The van der Waals surface area contributed by atoms with Gasteiger partial charge in [-0.25, -0.2) is 0 Å². The number of non-ortho nitro benzene ring substituents is 1. The van der Waals surface area contributed by atoms with Crippen LogP contribution < -0.4 is 5.32 Å². The Kier molecular flexibility index (Phi) is 4.84. The van der Waals surface area contributed by atoms with Gasteiger partial charge in [0.1, 0.15) is 0 Å². The standard InChI is InChI=1S/C15H11BrN2O3/c16-12-7-4-11(5-8-12)6-9-15(19)17-13-2-1-3-14(10-13)18(20)21/h1-10H,(H,17,19). The molecule has 0 unspecified atom stereocenters. The molecule has 0 saturated heterocycles. The molecular formula is C15H11BrN2O3. The molecule has 106 valence electrons. The number of rotatable bonds is 4. The Labute approximate surface area is 129 Å². The van der Waals surface area contributed by atoms with Crippen molar-refractivity contribution in [3.63, 3.8) is 0 Å². The van der Waals surface area contributed by atoms with Gasteiger partial charge in [-0.1, -0.05) is 34.1 Å². The number of benzene rings is 2. The number of halogens is 1. The molecule has 1 N–H and O–H groups in total. The Bertz CT molecular complexity index is 696. The summed E-state index contributed by atoms with van der Waals surface area (Å²) in [6, 6.07) is 13.3. The molecule has 0 atom stereocenters. The lowest BCUT2D eigenvalue weighted by atomic mass is 10.2. The third-order valence-corrected chi connectivity index (χ3v) is 3.15. The van der Waals surface area contributed by atoms with Crippen LogP contribution in [0.3, 0.4) is 0 Å². The molecule has 2 rings (SSSR count). The Morgan fingerprint density at radius 1 is 1.19 bits per heavy atom. The van der Waals surface area contributed by atoms with E-state index in [1.807, 2.05) is 24.3 Å². The van der Waals surface area contributed by atoms with Crippen LogP contribution in [0, 0.1) is 10.1 Å². The number of hydrogen-bond acceptors (Lipinski definition) is 3. The molecule has 0 aliphatic carbocycles. The van der Waals surface area contributed by atoms with E-state index in [0.29, 0.717) is 5.69 Å². The van der Waals surface area contributed by atoms with Gasteiger partial charge in [-0.15, -0.1) is 0 Å². The van der Waals surface area contributed by atoms with Gasteiger partial charge in [0.15, 0.2) is 0 Å². The van der Waals surface area contributed by atoms with Gasteiger partial charge >= 0.3 is 0 Å². The fourth-order valence-corrected chi connectivity index (χ4v) is 1.89. The maximum Gasteiger partial charge on any atom is 0.271 e. The molecule has 1 amide bonds. The van der Waals surface area contributed by atoms with Crippen molar-refractivity contribution < 1.29 is 9.72 Å². The van der Waals surface area contributed by atoms with E-state index in [1.165, 1.54) is 24.3 Å². The summed E-state index contributed by atoms with van der Waals surface area (Å²) >= 11 is 3.33. The van der Waals surface area contributed by atoms with Gasteiger partial charge in [-0.3, -0.25) is 14.9 Å². The number of nitro groups is 1. The summed E-state index contributed by atoms with van der Waals surface area (Å²) in [7, 11) is 0. The SMILES string of the molecule is O=C(C=Cc1ccc(Br)cc1)Nc1cccc([N+](=O)[O-])c1. The van der Waals surface area contributed by atoms with E-state index in [2.05, 4.69) is 21.2 Å². The van der Waals surface area contributed by atoms with Crippen molar-refractivity contribution in [2.45, 2.75) is 0 Å². The summed E-state index contributed by atoms with van der Waals surface area (Å²) in [6.45, 7) is 0. The van der Waals surface area contributed by atoms with E-state index in [0.717, 1.165) is 10.0 Å². The molecule has 0 heterocycles. The molecule has 21 heavy (non-hydrogen) atoms. The van der Waals surface area contributed by atoms with Crippen LogP contribution in [0.25, 0.3) is 6.08 Å². The first-order chi connectivity index (χ1) is 10.0. The highest BCUT2D eigenvalue weighted by Crippen LogP contribution is 2.17. The molecule has 0 fully saturated rings. The number of amides is 1. The van der Waals surface area contributed by atoms with Crippen molar-refractivity contribution in [1.29, 1.82) is 0 Å². The van der Waals surface area contributed by atoms with E-state index < -0.39 is 4.92 Å². The smallest absolute Gasteiger partial charge is 0.271 e. The van der Waals surface area contributed by atoms with E-state index in [9.17, 15) is 14.9 Å². The molecule has 0 spiro atoms. The summed E-state index contributed by atoms with van der Waals surface area (Å²) in [5.41, 5.74) is 1.20. The molecule has 0 aromatic heterocycles. The molecule has 0 aliphatic heterocycles. The predicted molar refractivity (Wildman–Crippen MR) is 84.9 cm³/mol. The highest BCUT2D eigenvalue weighted by molar-refractivity contribution is 9.10. The number of nitrogens with one attached hydrogen (secondary N) is 1. The van der Waals surface area contributed by atoms with Crippen LogP contribution in [-0.2, 0) is 4.79 Å². The minimum absolute atomic E-state index is 0.0651. The van der Waals surface area contributed by atoms with Crippen LogP contribution in [0.2, 0.25) is 0 Å². The number of nitro benzene ring substituents is 1. The molecule has 5 nitrogen and oxygen atoms in total. The summed E-state index contributed by atoms with van der Waals surface area (Å²) in [6.07, 6.45) is 3.04. The van der Waals surface area contributed by atoms with Gasteiger partial charge < -0.3 is 5.32 Å². The second kappa shape index (κ2) is 6.81. The first-order valence-corrected chi connectivity index (χ1v) is 6.83. The average Bonchev–Trinajstić information content (AvgIpc) is 2.47. The number of nitrogens with zero attached hydrogens (tertiary/aromatic N) is 1. The second-order valence-corrected chi connectivity index (χ2v) is 5.10. The van der Waals surface area contributed by atoms with Crippen molar-refractivity contribution in [2.24, 2.45) is 0 Å². The van der Waals surface area contributed by atoms with Crippen molar-refractivity contribution in [3.05, 3.63) is 74.8 Å². The van der Waals surface area contributed by atoms with Crippen molar-refractivity contribution >= 4 is 39.3 Å². The summed E-state index contributed by atoms with van der Waals surface area (Å²) < 4.78 is 0.959. The molecular weight excluding hydrogens is 336 g/mol. The molecule has 0 aliphatic rings. The number of anilines is 1. The highest BCUT2D eigenvalue weighted by Gasteiger charge is 2.06. The van der Waals surface area contributed by atoms with Crippen LogP contribution in [0.4, 0.5) is 11.4 Å². The molecule has 2 aromatic rings. The quantitative estimate of drug-likeness (QED) is 0.516. The zero-order valence-electron chi connectivity index (χ0n) is 10.8. The molecule has 0 bridgehead atoms. The van der Waals surface area contributed by atoms with Crippen molar-refractivity contribution in [1.82, 2.24) is 0 Å². The van der Waals surface area contributed by atoms with Crippen LogP contribution in [-0.4, -0.2) is 10.8 Å². The zero-order valence-corrected chi connectivity index (χ0v) is 12.4. The summed E-state index contributed by atoms with van der Waals surface area (Å²) in [5.74, 6) is -0.349. The first kappa shape index (κ1) is 14.9. The summed E-state index contributed by atoms with van der Waals surface area (Å²) in [5, 5.41) is 13.2. The average molecular weight is 347 g/mol. The van der Waals surface area contributed by atoms with E-state index >= 15 is 0 Å². The molecule has 0 radical (unpaired) electrons. The lowest BCUT2D eigenvalue weighted by Gasteiger charge is -2.01. The third kappa shape index (κ3) is 4.54. The van der Waals surface area contributed by atoms with Gasteiger partial charge in [0.05, 0.1) is 4.92 Å². The number of hydrogen-bond donors (Lipinski definition) is 1. The van der Waals surface area contributed by atoms with Gasteiger partial charge in [0.2, 0.25) is 5.91 Å². The van der Waals surface area contributed by atoms with E-state index in [-0.39, 0.29) is 11.6 Å². The normalized spacial score (nSPS) is 10.5. The molecule has 2 aromatic carbocycles. The zero-order chi connectivity index (χ0) is 15.2. The number of carbonyl (C=O) groups is 1. The lowest BCUT2D eigenvalue weighted by molar-refractivity contribution is -0.384. The van der Waals surface area contributed by atoms with E-state index in [1.54, 1.807) is 12.1 Å². The van der Waals surface area contributed by atoms with Crippen molar-refractivity contribution in [2.75, 3.05) is 5.32 Å². The second-order valence-electron chi connectivity index (χ2n) is 4.18. The number of carbonyl (C=O) groups excluding carboxylic acids is 1. The predicted octanol–water partition coefficient (Wildman–Crippen LogP) is 4.01. The van der Waals surface area contributed by atoms with Crippen LogP contribution >= 0.6 is 15.9 Å². The Morgan fingerprint density at radius 2 is 1.90 bits per heavy atom. The lowest BCUT2D eigenvalue weighted by Crippen LogP contribution is -2.07. The highest BCUT2D eigenvalue weighted by atomic mass is 79.9. The van der Waals surface area contributed by atoms with Crippen LogP contribution in [0.5, 0.6) is 0 Å². The van der Waals surface area contributed by atoms with E-state index in [4.69, 9.17) is 0 Å². The summed E-state index contributed by atoms with van der Waals surface area (Å²) in [4.78, 5) is 21.9. The minimum atomic E-state index is -0.507. The Morgan fingerprint density at radius 3 is 2.57 bits per heavy atom. The Hall–Kier alpha value is -2.47. The monoisotopic (exact) mass is 346 g/mol. The van der Waals surface area contributed by atoms with Crippen LogP contribution in [0.15, 0.2) is 59.1 Å². The fraction of sp³-hybridized carbons (Fsp3) is 0. The topological polar surface area (TPSA) is 72.2 Å². The Balaban J connectivity index is 2.03. The van der Waals surface area contributed by atoms with Gasteiger partial charge in [0, 0.05) is 28.4 Å². The van der Waals surface area contributed by atoms with Gasteiger partial charge in [-0.2, -0.15) is 0 Å². The maximum absolute atomic E-state index is 11.8. The van der Waals surface area contributed by atoms with Gasteiger partial charge in [0.25, 0.3) is 5.69 Å². The first-order valence-electron chi connectivity index (χ1n) is 6.04. The molecule has 6 heteroatoms. The van der Waals surface area contributed by atoms with Gasteiger partial charge in [-0.05, 0) is 29.8 Å². The minimum Gasteiger partial charge on any atom is -0.322 e. The van der Waals surface area contributed by atoms with Crippen molar-refractivity contribution in [3.8, 4) is 0 Å². The maximum atomic E-state index is 11.8. The fourth-order valence-electron chi connectivity index (χ4n) is 1.63. The molecule has 0 saturated carbocycles. The largest absolute Gasteiger partial charge is 0.322 e. The third-order valence-electron chi connectivity index (χ3n) is 2.62.